The molecule has 5 heteroatoms. The number of rotatable bonds is 2. The lowest BCUT2D eigenvalue weighted by Crippen LogP contribution is -2.23. The average Bonchev–Trinajstić information content (AvgIpc) is 2.76. The molecule has 0 aliphatic carbocycles. The van der Waals surface area contributed by atoms with Crippen LogP contribution in [0.5, 0.6) is 0 Å². The summed E-state index contributed by atoms with van der Waals surface area (Å²) in [6.45, 7) is 1.94. The van der Waals surface area contributed by atoms with Crippen LogP contribution in [0.2, 0.25) is 0 Å². The van der Waals surface area contributed by atoms with Crippen LogP contribution < -0.4 is 11.1 Å². The second kappa shape index (κ2) is 5.31. The highest BCUT2D eigenvalue weighted by Crippen LogP contribution is 2.30. The van der Waals surface area contributed by atoms with Gasteiger partial charge >= 0.3 is 0 Å². The van der Waals surface area contributed by atoms with E-state index in [1.807, 2.05) is 30.8 Å². The Bertz CT molecular complexity index is 421. The number of carbonyl (C=O) groups is 1. The quantitative estimate of drug-likeness (QED) is 0.825. The number of amides is 1. The Kier molecular flexibility index (Phi) is 3.99. The van der Waals surface area contributed by atoms with Gasteiger partial charge in [-0.15, -0.1) is 0 Å². The molecule has 92 valence electrons. The number of aryl methyl sites for hydroxylation is 1. The molecule has 1 atom stereocenters. The standard InChI is InChI=1S/C12H15BrN2OS/c1-7-4-9(13)5-10(14)11(7)15-12(16)8-2-3-17-6-8/h4-5,8H,2-3,6,14H2,1H3,(H,15,16). The molecule has 17 heavy (non-hydrogen) atoms. The summed E-state index contributed by atoms with van der Waals surface area (Å²) >= 11 is 5.22. The molecule has 0 spiro atoms. The number of nitrogens with two attached hydrogens (primary N) is 1. The fourth-order valence-electron chi connectivity index (χ4n) is 1.91. The van der Waals surface area contributed by atoms with E-state index in [0.29, 0.717) is 5.69 Å². The van der Waals surface area contributed by atoms with E-state index in [-0.39, 0.29) is 11.8 Å². The maximum atomic E-state index is 12.0. The van der Waals surface area contributed by atoms with Crippen molar-refractivity contribution in [3.63, 3.8) is 0 Å². The zero-order valence-corrected chi connectivity index (χ0v) is 12.0. The second-order valence-electron chi connectivity index (χ2n) is 4.24. The van der Waals surface area contributed by atoms with Gasteiger partial charge in [0.05, 0.1) is 11.4 Å². The summed E-state index contributed by atoms with van der Waals surface area (Å²) in [7, 11) is 0. The molecule has 1 aliphatic heterocycles. The van der Waals surface area contributed by atoms with Gasteiger partial charge in [0, 0.05) is 16.1 Å². The third kappa shape index (κ3) is 2.96. The number of halogens is 1. The maximum absolute atomic E-state index is 12.0. The van der Waals surface area contributed by atoms with Crippen molar-refractivity contribution in [2.75, 3.05) is 22.6 Å². The molecule has 2 rings (SSSR count). The molecule has 1 fully saturated rings. The van der Waals surface area contributed by atoms with Crippen molar-refractivity contribution >= 4 is 45.0 Å². The first-order valence-electron chi connectivity index (χ1n) is 5.52. The summed E-state index contributed by atoms with van der Waals surface area (Å²) < 4.78 is 0.932. The first-order valence-corrected chi connectivity index (χ1v) is 7.47. The Labute approximate surface area is 114 Å². The Hall–Kier alpha value is -0.680. The molecule has 1 heterocycles. The topological polar surface area (TPSA) is 55.1 Å². The van der Waals surface area contributed by atoms with E-state index in [4.69, 9.17) is 5.73 Å². The molecule has 1 amide bonds. The Morgan fingerprint density at radius 3 is 2.94 bits per heavy atom. The van der Waals surface area contributed by atoms with Gasteiger partial charge in [0.15, 0.2) is 0 Å². The number of nitrogens with one attached hydrogen (secondary N) is 1. The summed E-state index contributed by atoms with van der Waals surface area (Å²) in [4.78, 5) is 12.0. The van der Waals surface area contributed by atoms with Gasteiger partial charge in [0.25, 0.3) is 0 Å². The predicted octanol–water partition coefficient (Wildman–Crippen LogP) is 3.03. The van der Waals surface area contributed by atoms with E-state index in [1.165, 1.54) is 0 Å². The van der Waals surface area contributed by atoms with Crippen molar-refractivity contribution in [1.82, 2.24) is 0 Å². The first kappa shape index (κ1) is 12.8. The number of benzene rings is 1. The van der Waals surface area contributed by atoms with Gasteiger partial charge in [-0.2, -0.15) is 11.8 Å². The van der Waals surface area contributed by atoms with Gasteiger partial charge in [-0.3, -0.25) is 4.79 Å². The summed E-state index contributed by atoms with van der Waals surface area (Å²) in [5.74, 6) is 2.21. The molecule has 1 saturated heterocycles. The minimum Gasteiger partial charge on any atom is -0.397 e. The van der Waals surface area contributed by atoms with Crippen LogP contribution in [-0.2, 0) is 4.79 Å². The van der Waals surface area contributed by atoms with Gasteiger partial charge in [-0.1, -0.05) is 15.9 Å². The van der Waals surface area contributed by atoms with Crippen molar-refractivity contribution < 1.29 is 4.79 Å². The highest BCUT2D eigenvalue weighted by Gasteiger charge is 2.24. The molecular formula is C12H15BrN2OS. The fraction of sp³-hybridized carbons (Fsp3) is 0.417. The molecule has 0 saturated carbocycles. The largest absolute Gasteiger partial charge is 0.397 e. The first-order chi connectivity index (χ1) is 8.08. The number of carbonyl (C=O) groups excluding carboxylic acids is 1. The second-order valence-corrected chi connectivity index (χ2v) is 6.30. The Morgan fingerprint density at radius 2 is 2.35 bits per heavy atom. The number of hydrogen-bond acceptors (Lipinski definition) is 3. The van der Waals surface area contributed by atoms with E-state index in [2.05, 4.69) is 21.2 Å². The Morgan fingerprint density at radius 1 is 1.59 bits per heavy atom. The van der Waals surface area contributed by atoms with Gasteiger partial charge in [0.2, 0.25) is 5.91 Å². The van der Waals surface area contributed by atoms with Crippen LogP contribution in [0.3, 0.4) is 0 Å². The number of anilines is 2. The molecule has 3 nitrogen and oxygen atoms in total. The van der Waals surface area contributed by atoms with E-state index < -0.39 is 0 Å². The van der Waals surface area contributed by atoms with E-state index in [1.54, 1.807) is 0 Å². The summed E-state index contributed by atoms with van der Waals surface area (Å²) in [5.41, 5.74) is 8.25. The monoisotopic (exact) mass is 314 g/mol. The van der Waals surface area contributed by atoms with E-state index in [9.17, 15) is 4.79 Å². The third-order valence-corrected chi connectivity index (χ3v) is 4.50. The van der Waals surface area contributed by atoms with Crippen molar-refractivity contribution in [2.45, 2.75) is 13.3 Å². The normalized spacial score (nSPS) is 19.3. The van der Waals surface area contributed by atoms with Crippen LogP contribution in [0, 0.1) is 12.8 Å². The molecule has 1 aromatic rings. The minimum atomic E-state index is 0.0899. The lowest BCUT2D eigenvalue weighted by Gasteiger charge is -2.14. The maximum Gasteiger partial charge on any atom is 0.228 e. The van der Waals surface area contributed by atoms with Crippen LogP contribution in [0.4, 0.5) is 11.4 Å². The van der Waals surface area contributed by atoms with Crippen molar-refractivity contribution in [3.8, 4) is 0 Å². The summed E-state index contributed by atoms with van der Waals surface area (Å²) in [6.07, 6.45) is 0.964. The number of nitrogen functional groups attached to an aromatic ring is 1. The van der Waals surface area contributed by atoms with Crippen LogP contribution >= 0.6 is 27.7 Å². The predicted molar refractivity (Wildman–Crippen MR) is 77.4 cm³/mol. The molecule has 0 aromatic heterocycles. The van der Waals surface area contributed by atoms with Crippen molar-refractivity contribution in [3.05, 3.63) is 22.2 Å². The average molecular weight is 315 g/mol. The third-order valence-electron chi connectivity index (χ3n) is 2.88. The molecule has 3 N–H and O–H groups in total. The van der Waals surface area contributed by atoms with Crippen molar-refractivity contribution in [1.29, 1.82) is 0 Å². The highest BCUT2D eigenvalue weighted by atomic mass is 79.9. The van der Waals surface area contributed by atoms with Gasteiger partial charge in [0.1, 0.15) is 0 Å². The zero-order chi connectivity index (χ0) is 12.4. The summed E-state index contributed by atoms with van der Waals surface area (Å²) in [6, 6.07) is 3.77. The Balaban J connectivity index is 2.15. The SMILES string of the molecule is Cc1cc(Br)cc(N)c1NC(=O)C1CCSC1. The minimum absolute atomic E-state index is 0.0899. The number of hydrogen-bond donors (Lipinski definition) is 2. The lowest BCUT2D eigenvalue weighted by atomic mass is 10.1. The molecule has 0 bridgehead atoms. The van der Waals surface area contributed by atoms with Gasteiger partial charge in [-0.05, 0) is 36.8 Å². The van der Waals surface area contributed by atoms with Crippen LogP contribution in [0.25, 0.3) is 0 Å². The van der Waals surface area contributed by atoms with Gasteiger partial charge < -0.3 is 11.1 Å². The fourth-order valence-corrected chi connectivity index (χ4v) is 3.72. The zero-order valence-electron chi connectivity index (χ0n) is 9.63. The van der Waals surface area contributed by atoms with Gasteiger partial charge in [-0.25, -0.2) is 0 Å². The molecule has 1 unspecified atom stereocenters. The molecule has 1 aliphatic rings. The van der Waals surface area contributed by atoms with Crippen LogP contribution in [0.1, 0.15) is 12.0 Å². The molecular weight excluding hydrogens is 300 g/mol. The van der Waals surface area contributed by atoms with Crippen LogP contribution in [0.15, 0.2) is 16.6 Å². The van der Waals surface area contributed by atoms with Crippen molar-refractivity contribution in [2.24, 2.45) is 5.92 Å². The molecule has 0 radical (unpaired) electrons. The number of thioether (sulfide) groups is 1. The summed E-state index contributed by atoms with van der Waals surface area (Å²) in [5, 5.41) is 2.95. The smallest absolute Gasteiger partial charge is 0.228 e. The highest BCUT2D eigenvalue weighted by molar-refractivity contribution is 9.10. The van der Waals surface area contributed by atoms with E-state index >= 15 is 0 Å². The van der Waals surface area contributed by atoms with E-state index in [0.717, 1.165) is 33.7 Å². The van der Waals surface area contributed by atoms with Crippen LogP contribution in [-0.4, -0.2) is 17.4 Å². The molecule has 1 aromatic carbocycles. The lowest BCUT2D eigenvalue weighted by molar-refractivity contribution is -0.119.